The number of non-ortho nitro benzene ring substituents is 1. The highest BCUT2D eigenvalue weighted by Crippen LogP contribution is 2.33. The Labute approximate surface area is 203 Å². The third-order valence-electron chi connectivity index (χ3n) is 5.21. The van der Waals surface area contributed by atoms with Gasteiger partial charge < -0.3 is 5.32 Å². The highest BCUT2D eigenvalue weighted by Gasteiger charge is 2.21. The third kappa shape index (κ3) is 5.46. The Kier molecular flexibility index (Phi) is 6.79. The number of hydrogen-bond donors (Lipinski definition) is 1. The maximum atomic E-state index is 13.5. The zero-order valence-electron chi connectivity index (χ0n) is 19.1. The van der Waals surface area contributed by atoms with Crippen molar-refractivity contribution in [2.45, 2.75) is 43.5 Å². The molecule has 180 valence electrons. The van der Waals surface area contributed by atoms with Crippen molar-refractivity contribution in [3.05, 3.63) is 81.2 Å². The summed E-state index contributed by atoms with van der Waals surface area (Å²) in [5.74, 6) is -0.525. The molecule has 0 aliphatic carbocycles. The average Bonchev–Trinajstić information content (AvgIpc) is 3.09. The number of aryl methyl sites for hydroxylation is 3. The van der Waals surface area contributed by atoms with E-state index in [-0.39, 0.29) is 34.5 Å². The largest absolute Gasteiger partial charge is 0.324 e. The highest BCUT2D eigenvalue weighted by atomic mass is 32.2. The number of alkyl halides is 2. The number of carbonyl (C=O) groups excluding carboxylic acids is 1. The number of amides is 1. The summed E-state index contributed by atoms with van der Waals surface area (Å²) < 4.78 is 28.3. The van der Waals surface area contributed by atoms with E-state index in [9.17, 15) is 23.7 Å². The molecule has 0 atom stereocenters. The van der Waals surface area contributed by atoms with Gasteiger partial charge in [0.25, 0.3) is 12.1 Å². The molecular weight excluding hydrogens is 476 g/mol. The lowest BCUT2D eigenvalue weighted by Crippen LogP contribution is -2.20. The number of benzene rings is 2. The average molecular weight is 498 g/mol. The van der Waals surface area contributed by atoms with E-state index in [1.165, 1.54) is 34.6 Å². The Morgan fingerprint density at radius 2 is 1.83 bits per heavy atom. The van der Waals surface area contributed by atoms with Crippen molar-refractivity contribution in [2.24, 2.45) is 0 Å². The molecule has 0 bridgehead atoms. The Morgan fingerprint density at radius 1 is 1.11 bits per heavy atom. The predicted molar refractivity (Wildman–Crippen MR) is 129 cm³/mol. The van der Waals surface area contributed by atoms with E-state index >= 15 is 0 Å². The van der Waals surface area contributed by atoms with Gasteiger partial charge in [-0.05, 0) is 45.0 Å². The van der Waals surface area contributed by atoms with Crippen LogP contribution >= 0.6 is 11.8 Å². The molecule has 0 saturated carbocycles. The molecule has 35 heavy (non-hydrogen) atoms. The molecule has 4 rings (SSSR count). The molecule has 11 heteroatoms. The predicted octanol–water partition coefficient (Wildman–Crippen LogP) is 5.99. The summed E-state index contributed by atoms with van der Waals surface area (Å²) in [5, 5.41) is 18.5. The molecule has 0 spiro atoms. The Balaban J connectivity index is 1.60. The molecule has 4 aromatic rings. The van der Waals surface area contributed by atoms with Gasteiger partial charge in [0, 0.05) is 38.9 Å². The fourth-order valence-corrected chi connectivity index (χ4v) is 4.61. The van der Waals surface area contributed by atoms with Gasteiger partial charge in [0.1, 0.15) is 6.54 Å². The Hall–Kier alpha value is -3.86. The van der Waals surface area contributed by atoms with Gasteiger partial charge in [-0.25, -0.2) is 18.4 Å². The molecule has 2 aromatic carbocycles. The van der Waals surface area contributed by atoms with E-state index < -0.39 is 17.3 Å². The number of aromatic nitrogens is 3. The van der Waals surface area contributed by atoms with Crippen molar-refractivity contribution in [3.8, 4) is 0 Å². The van der Waals surface area contributed by atoms with Crippen LogP contribution < -0.4 is 5.32 Å². The van der Waals surface area contributed by atoms with Gasteiger partial charge in [-0.3, -0.25) is 14.9 Å². The van der Waals surface area contributed by atoms with Crippen LogP contribution in [0.3, 0.4) is 0 Å². The first-order valence-corrected chi connectivity index (χ1v) is 11.4. The first kappa shape index (κ1) is 24.3. The van der Waals surface area contributed by atoms with Crippen molar-refractivity contribution < 1.29 is 18.5 Å². The number of nitrogens with zero attached hydrogens (tertiary/aromatic N) is 4. The molecule has 0 radical (unpaired) electrons. The second-order valence-corrected chi connectivity index (χ2v) is 9.18. The van der Waals surface area contributed by atoms with Crippen molar-refractivity contribution in [3.63, 3.8) is 0 Å². The van der Waals surface area contributed by atoms with Gasteiger partial charge in [0.15, 0.2) is 5.65 Å². The van der Waals surface area contributed by atoms with Crippen LogP contribution in [0, 0.1) is 30.9 Å². The van der Waals surface area contributed by atoms with E-state index in [1.807, 2.05) is 31.2 Å². The third-order valence-corrected chi connectivity index (χ3v) is 6.19. The zero-order valence-corrected chi connectivity index (χ0v) is 19.9. The minimum Gasteiger partial charge on any atom is -0.324 e. The van der Waals surface area contributed by atoms with Crippen LogP contribution in [0.15, 0.2) is 58.3 Å². The van der Waals surface area contributed by atoms with Gasteiger partial charge in [0.2, 0.25) is 5.91 Å². The van der Waals surface area contributed by atoms with Crippen LogP contribution in [0.1, 0.15) is 28.9 Å². The molecule has 0 aliphatic heterocycles. The van der Waals surface area contributed by atoms with Crippen molar-refractivity contribution in [2.75, 3.05) is 5.32 Å². The quantitative estimate of drug-likeness (QED) is 0.248. The zero-order chi connectivity index (χ0) is 25.3. The van der Waals surface area contributed by atoms with E-state index in [1.54, 1.807) is 19.9 Å². The number of fused-ring (bicyclic) bond motifs is 1. The maximum Gasteiger partial charge on any atom is 0.272 e. The SMILES string of the molecule is Cc1ccc(Sc2cc(NC(=O)Cn3nc(C)c4c(C(F)F)cc(C)nc43)cc([N+](=O)[O-])c2)cc1. The molecular formula is C24H21F2N5O3S. The molecule has 0 aliphatic rings. The van der Waals surface area contributed by atoms with Gasteiger partial charge >= 0.3 is 0 Å². The standard InChI is InChI=1S/C24H21F2N5O3S/c1-13-4-6-18(7-5-13)35-19-10-16(9-17(11-19)31(33)34)28-21(32)12-30-24-22(15(3)29-30)20(23(25)26)8-14(2)27-24/h4-11,23H,12H2,1-3H3,(H,28,32). The van der Waals surface area contributed by atoms with E-state index in [0.29, 0.717) is 16.3 Å². The van der Waals surface area contributed by atoms with Crippen LogP contribution in [0.5, 0.6) is 0 Å². The topological polar surface area (TPSA) is 103 Å². The first-order valence-electron chi connectivity index (χ1n) is 10.6. The molecule has 0 saturated heterocycles. The summed E-state index contributed by atoms with van der Waals surface area (Å²) in [6.07, 6.45) is -2.71. The Bertz CT molecular complexity index is 1440. The van der Waals surface area contributed by atoms with Crippen molar-refractivity contribution >= 4 is 40.1 Å². The van der Waals surface area contributed by atoms with Crippen LogP contribution in [0.2, 0.25) is 0 Å². The van der Waals surface area contributed by atoms with Gasteiger partial charge in [0.05, 0.1) is 16.0 Å². The molecule has 8 nitrogen and oxygen atoms in total. The number of nitro benzene ring substituents is 1. The summed E-state index contributed by atoms with van der Waals surface area (Å²) in [6.45, 7) is 4.83. The summed E-state index contributed by atoms with van der Waals surface area (Å²) in [6, 6.07) is 13.3. The number of anilines is 1. The number of nitrogens with one attached hydrogen (secondary N) is 1. The van der Waals surface area contributed by atoms with Crippen LogP contribution in [0.4, 0.5) is 20.2 Å². The summed E-state index contributed by atoms with van der Waals surface area (Å²) >= 11 is 1.33. The number of hydrogen-bond acceptors (Lipinski definition) is 6. The number of nitro groups is 1. The van der Waals surface area contributed by atoms with Crippen molar-refractivity contribution in [1.29, 1.82) is 0 Å². The lowest BCUT2D eigenvalue weighted by Gasteiger charge is -2.09. The second-order valence-electron chi connectivity index (χ2n) is 8.03. The summed E-state index contributed by atoms with van der Waals surface area (Å²) in [7, 11) is 0. The molecule has 0 unspecified atom stereocenters. The number of rotatable bonds is 7. The van der Waals surface area contributed by atoms with E-state index in [2.05, 4.69) is 15.4 Å². The van der Waals surface area contributed by atoms with Crippen molar-refractivity contribution in [1.82, 2.24) is 14.8 Å². The first-order chi connectivity index (χ1) is 16.6. The fraction of sp³-hybridized carbons (Fsp3) is 0.208. The minimum atomic E-state index is -2.71. The van der Waals surface area contributed by atoms with Crippen LogP contribution in [-0.4, -0.2) is 25.6 Å². The molecule has 1 N–H and O–H groups in total. The van der Waals surface area contributed by atoms with Gasteiger partial charge in [-0.15, -0.1) is 0 Å². The second kappa shape index (κ2) is 9.79. The van der Waals surface area contributed by atoms with Crippen LogP contribution in [-0.2, 0) is 11.3 Å². The Morgan fingerprint density at radius 3 is 2.49 bits per heavy atom. The fourth-order valence-electron chi connectivity index (χ4n) is 3.70. The van der Waals surface area contributed by atoms with E-state index in [4.69, 9.17) is 0 Å². The van der Waals surface area contributed by atoms with Gasteiger partial charge in [-0.1, -0.05) is 29.5 Å². The number of pyridine rings is 1. The number of carbonyl (C=O) groups is 1. The normalized spacial score (nSPS) is 11.3. The molecule has 0 fully saturated rings. The smallest absolute Gasteiger partial charge is 0.272 e. The minimum absolute atomic E-state index is 0.170. The molecule has 1 amide bonds. The molecule has 2 aromatic heterocycles. The summed E-state index contributed by atoms with van der Waals surface area (Å²) in [5.41, 5.74) is 1.87. The summed E-state index contributed by atoms with van der Waals surface area (Å²) in [4.78, 5) is 29.5. The maximum absolute atomic E-state index is 13.5. The lowest BCUT2D eigenvalue weighted by atomic mass is 10.1. The highest BCUT2D eigenvalue weighted by molar-refractivity contribution is 7.99. The monoisotopic (exact) mass is 497 g/mol. The molecule has 2 heterocycles. The van der Waals surface area contributed by atoms with Gasteiger partial charge in [-0.2, -0.15) is 5.10 Å². The number of halogens is 2. The van der Waals surface area contributed by atoms with Crippen LogP contribution in [0.25, 0.3) is 11.0 Å². The van der Waals surface area contributed by atoms with E-state index in [0.717, 1.165) is 10.5 Å². The lowest BCUT2D eigenvalue weighted by molar-refractivity contribution is -0.385.